The van der Waals surface area contributed by atoms with Crippen LogP contribution in [0, 0.1) is 29.6 Å². The predicted molar refractivity (Wildman–Crippen MR) is 82.6 cm³/mol. The van der Waals surface area contributed by atoms with Gasteiger partial charge in [-0.15, -0.1) is 6.58 Å². The Morgan fingerprint density at radius 2 is 1.37 bits per heavy atom. The minimum Gasteiger partial charge on any atom is -0.102 e. The fourth-order valence-corrected chi connectivity index (χ4v) is 4.22. The van der Waals surface area contributed by atoms with E-state index in [9.17, 15) is 0 Å². The van der Waals surface area contributed by atoms with Gasteiger partial charge in [-0.1, -0.05) is 31.8 Å². The minimum absolute atomic E-state index is 0.966. The van der Waals surface area contributed by atoms with E-state index in [2.05, 4.69) is 12.7 Å². The molecule has 3 rings (SSSR count). The van der Waals surface area contributed by atoms with Crippen LogP contribution in [0.1, 0.15) is 77.0 Å². The first-order valence-corrected chi connectivity index (χ1v) is 8.67. The third-order valence-electron chi connectivity index (χ3n) is 5.92. The molecule has 3 aliphatic rings. The second-order valence-corrected chi connectivity index (χ2v) is 7.26. The maximum atomic E-state index is 3.93. The highest BCUT2D eigenvalue weighted by molar-refractivity contribution is 5.12. The van der Waals surface area contributed by atoms with E-state index in [0.717, 1.165) is 17.8 Å². The topological polar surface area (TPSA) is 0 Å². The lowest BCUT2D eigenvalue weighted by molar-refractivity contribution is 0.282. The Kier molecular flexibility index (Phi) is 4.66. The molecule has 3 aliphatic carbocycles. The number of rotatable bonds is 5. The van der Waals surface area contributed by atoms with E-state index in [-0.39, 0.29) is 0 Å². The summed E-state index contributed by atoms with van der Waals surface area (Å²) in [6.45, 7) is 3.93. The number of hydrogen-bond acceptors (Lipinski definition) is 0. The molecule has 0 aromatic rings. The van der Waals surface area contributed by atoms with E-state index >= 15 is 0 Å². The van der Waals surface area contributed by atoms with E-state index in [1.807, 2.05) is 5.92 Å². The minimum atomic E-state index is 0.966. The molecular weight excluding hydrogens is 228 g/mol. The van der Waals surface area contributed by atoms with Gasteiger partial charge in [0.25, 0.3) is 0 Å². The van der Waals surface area contributed by atoms with Gasteiger partial charge in [0.2, 0.25) is 0 Å². The van der Waals surface area contributed by atoms with Crippen LogP contribution in [0.3, 0.4) is 0 Å². The van der Waals surface area contributed by atoms with Crippen molar-refractivity contribution in [1.82, 2.24) is 0 Å². The SMILES string of the molecule is C=C[C]1CCC([C]2CCC(CCC3CC3)CC2)CC1. The van der Waals surface area contributed by atoms with Crippen LogP contribution in [-0.2, 0) is 0 Å². The van der Waals surface area contributed by atoms with Gasteiger partial charge in [-0.2, -0.15) is 0 Å². The van der Waals surface area contributed by atoms with Gasteiger partial charge in [0.15, 0.2) is 0 Å². The van der Waals surface area contributed by atoms with Crippen molar-refractivity contribution in [3.8, 4) is 0 Å². The van der Waals surface area contributed by atoms with Crippen LogP contribution in [0.4, 0.5) is 0 Å². The molecule has 0 saturated heterocycles. The van der Waals surface area contributed by atoms with Crippen LogP contribution in [0.2, 0.25) is 0 Å². The predicted octanol–water partition coefficient (Wildman–Crippen LogP) is 5.89. The largest absolute Gasteiger partial charge is 0.102 e. The van der Waals surface area contributed by atoms with Crippen molar-refractivity contribution in [3.63, 3.8) is 0 Å². The Morgan fingerprint density at radius 3 is 1.89 bits per heavy atom. The first kappa shape index (κ1) is 13.7. The Hall–Kier alpha value is -0.260. The summed E-state index contributed by atoms with van der Waals surface area (Å²) in [5, 5.41) is 0. The molecule has 0 atom stereocenters. The molecule has 0 bridgehead atoms. The summed E-state index contributed by atoms with van der Waals surface area (Å²) in [4.78, 5) is 0. The summed E-state index contributed by atoms with van der Waals surface area (Å²) in [5.41, 5.74) is 0. The molecule has 106 valence electrons. The van der Waals surface area contributed by atoms with Crippen molar-refractivity contribution in [2.45, 2.75) is 77.0 Å². The van der Waals surface area contributed by atoms with E-state index in [4.69, 9.17) is 0 Å². The maximum absolute atomic E-state index is 3.93. The molecule has 0 amide bonds. The first-order valence-electron chi connectivity index (χ1n) is 8.67. The van der Waals surface area contributed by atoms with Crippen molar-refractivity contribution >= 4 is 0 Å². The normalized spacial score (nSPS) is 28.6. The van der Waals surface area contributed by atoms with Gasteiger partial charge >= 0.3 is 0 Å². The second-order valence-electron chi connectivity index (χ2n) is 7.26. The van der Waals surface area contributed by atoms with Gasteiger partial charge in [-0.05, 0) is 81.0 Å². The second kappa shape index (κ2) is 6.46. The zero-order chi connectivity index (χ0) is 13.1. The van der Waals surface area contributed by atoms with E-state index in [1.54, 1.807) is 12.3 Å². The molecule has 3 saturated carbocycles. The van der Waals surface area contributed by atoms with Crippen molar-refractivity contribution in [3.05, 3.63) is 24.5 Å². The van der Waals surface area contributed by atoms with E-state index in [1.165, 1.54) is 70.6 Å². The Bertz CT molecular complexity index is 272. The standard InChI is InChI=1S/C19H30/c1-2-15-7-11-18(12-8-15)19-13-9-17(10-14-19)6-5-16-3-4-16/h2,16-18H,1,3-14H2. The molecule has 0 unspecified atom stereocenters. The van der Waals surface area contributed by atoms with Crippen molar-refractivity contribution in [2.24, 2.45) is 17.8 Å². The lowest BCUT2D eigenvalue weighted by Crippen LogP contribution is -2.23. The molecule has 0 heterocycles. The smallest absolute Gasteiger partial charge is 0.00299 e. The quantitative estimate of drug-likeness (QED) is 0.576. The highest BCUT2D eigenvalue weighted by Crippen LogP contribution is 2.45. The van der Waals surface area contributed by atoms with Crippen LogP contribution in [0.5, 0.6) is 0 Å². The van der Waals surface area contributed by atoms with Crippen LogP contribution in [0.25, 0.3) is 0 Å². The Labute approximate surface area is 120 Å². The molecule has 0 nitrogen and oxygen atoms in total. The molecule has 0 aromatic carbocycles. The van der Waals surface area contributed by atoms with Crippen LogP contribution >= 0.6 is 0 Å². The van der Waals surface area contributed by atoms with Gasteiger partial charge in [0.1, 0.15) is 0 Å². The van der Waals surface area contributed by atoms with Crippen LogP contribution in [0.15, 0.2) is 12.7 Å². The monoisotopic (exact) mass is 258 g/mol. The summed E-state index contributed by atoms with van der Waals surface area (Å²) in [6, 6.07) is 0. The average molecular weight is 258 g/mol. The van der Waals surface area contributed by atoms with Crippen LogP contribution in [-0.4, -0.2) is 0 Å². The first-order chi connectivity index (χ1) is 9.35. The fraction of sp³-hybridized carbons (Fsp3) is 0.789. The molecule has 0 heteroatoms. The Balaban J connectivity index is 1.36. The molecule has 19 heavy (non-hydrogen) atoms. The van der Waals surface area contributed by atoms with E-state index in [0.29, 0.717) is 0 Å². The third-order valence-corrected chi connectivity index (χ3v) is 5.92. The number of hydrogen-bond donors (Lipinski definition) is 0. The molecule has 0 aromatic heterocycles. The van der Waals surface area contributed by atoms with E-state index < -0.39 is 0 Å². The molecule has 3 fully saturated rings. The summed E-state index contributed by atoms with van der Waals surface area (Å²) in [5.74, 6) is 6.72. The van der Waals surface area contributed by atoms with Crippen molar-refractivity contribution < 1.29 is 0 Å². The summed E-state index contributed by atoms with van der Waals surface area (Å²) >= 11 is 0. The van der Waals surface area contributed by atoms with Gasteiger partial charge in [0, 0.05) is 0 Å². The van der Waals surface area contributed by atoms with Crippen molar-refractivity contribution in [1.29, 1.82) is 0 Å². The molecule has 0 aliphatic heterocycles. The number of allylic oxidation sites excluding steroid dienone is 1. The fourth-order valence-electron chi connectivity index (χ4n) is 4.22. The van der Waals surface area contributed by atoms with Gasteiger partial charge in [0.05, 0.1) is 0 Å². The highest BCUT2D eigenvalue weighted by Gasteiger charge is 2.31. The molecule has 0 spiro atoms. The zero-order valence-electron chi connectivity index (χ0n) is 12.5. The van der Waals surface area contributed by atoms with Crippen LogP contribution < -0.4 is 0 Å². The van der Waals surface area contributed by atoms with Gasteiger partial charge in [-0.3, -0.25) is 0 Å². The van der Waals surface area contributed by atoms with Crippen molar-refractivity contribution in [2.75, 3.05) is 0 Å². The maximum Gasteiger partial charge on any atom is -0.00299 e. The highest BCUT2D eigenvalue weighted by atomic mass is 14.4. The molecule has 0 N–H and O–H groups in total. The lowest BCUT2D eigenvalue weighted by Gasteiger charge is -2.36. The Morgan fingerprint density at radius 1 is 0.789 bits per heavy atom. The summed E-state index contributed by atoms with van der Waals surface area (Å²) < 4.78 is 0. The summed E-state index contributed by atoms with van der Waals surface area (Å²) in [6.07, 6.45) is 19.7. The third kappa shape index (κ3) is 3.86. The zero-order valence-corrected chi connectivity index (χ0v) is 12.5. The average Bonchev–Trinajstić information content (AvgIpc) is 3.30. The van der Waals surface area contributed by atoms with Gasteiger partial charge in [-0.25, -0.2) is 0 Å². The van der Waals surface area contributed by atoms with Gasteiger partial charge < -0.3 is 0 Å². The summed E-state index contributed by atoms with van der Waals surface area (Å²) in [7, 11) is 0. The molecular formula is C19H30. The lowest BCUT2D eigenvalue weighted by atomic mass is 9.68. The molecule has 2 radical (unpaired) electrons.